The zero-order valence-corrected chi connectivity index (χ0v) is 11.0. The second-order valence-electron chi connectivity index (χ2n) is 5.10. The average molecular weight is 252 g/mol. The molecule has 1 aliphatic heterocycles. The highest BCUT2D eigenvalue weighted by atomic mass is 16.2. The first-order chi connectivity index (χ1) is 9.33. The van der Waals surface area contributed by atoms with Crippen LogP contribution in [0.3, 0.4) is 0 Å². The van der Waals surface area contributed by atoms with Crippen molar-refractivity contribution >= 4 is 5.91 Å². The van der Waals surface area contributed by atoms with E-state index in [4.69, 9.17) is 0 Å². The van der Waals surface area contributed by atoms with Gasteiger partial charge in [0.1, 0.15) is 0 Å². The zero-order chi connectivity index (χ0) is 13.1. The lowest BCUT2D eigenvalue weighted by atomic mass is 9.96. The molecule has 1 aromatic rings. The van der Waals surface area contributed by atoms with E-state index >= 15 is 0 Å². The van der Waals surface area contributed by atoms with Gasteiger partial charge >= 0.3 is 0 Å². The Balaban J connectivity index is 1.74. The fourth-order valence-corrected chi connectivity index (χ4v) is 2.70. The number of rotatable bonds is 3. The largest absolute Gasteiger partial charge is 0.313 e. The van der Waals surface area contributed by atoms with Crippen molar-refractivity contribution in [1.29, 1.82) is 0 Å². The fraction of sp³-hybridized carbons (Fsp3) is 0.294. The van der Waals surface area contributed by atoms with Gasteiger partial charge in [-0.3, -0.25) is 4.79 Å². The number of benzene rings is 1. The van der Waals surface area contributed by atoms with E-state index in [9.17, 15) is 4.79 Å². The molecule has 3 rings (SSSR count). The van der Waals surface area contributed by atoms with Crippen LogP contribution in [0.25, 0.3) is 0 Å². The minimum atomic E-state index is 0.267. The number of amides is 1. The molecule has 1 aromatic carbocycles. The van der Waals surface area contributed by atoms with Crippen LogP contribution in [-0.2, 0) is 11.2 Å². The van der Waals surface area contributed by atoms with Gasteiger partial charge in [-0.05, 0) is 37.3 Å². The highest BCUT2D eigenvalue weighted by Gasteiger charge is 2.23. The number of likely N-dealkylation sites (tertiary alicyclic amines) is 1. The molecule has 2 nitrogen and oxygen atoms in total. The van der Waals surface area contributed by atoms with Crippen LogP contribution in [-0.4, -0.2) is 17.4 Å². The van der Waals surface area contributed by atoms with Crippen LogP contribution in [0, 0.1) is 6.42 Å². The highest BCUT2D eigenvalue weighted by Crippen LogP contribution is 2.25. The predicted octanol–water partition coefficient (Wildman–Crippen LogP) is 3.27. The first-order valence-electron chi connectivity index (χ1n) is 6.91. The van der Waals surface area contributed by atoms with Crippen LogP contribution in [0.5, 0.6) is 0 Å². The van der Waals surface area contributed by atoms with E-state index in [0.29, 0.717) is 6.42 Å². The van der Waals surface area contributed by atoms with Gasteiger partial charge in [-0.15, -0.1) is 0 Å². The molecule has 0 atom stereocenters. The Kier molecular flexibility index (Phi) is 3.49. The second kappa shape index (κ2) is 5.43. The number of hydrogen-bond acceptors (Lipinski definition) is 1. The topological polar surface area (TPSA) is 20.3 Å². The maximum atomic E-state index is 11.8. The Morgan fingerprint density at radius 2 is 2.00 bits per heavy atom. The van der Waals surface area contributed by atoms with Crippen LogP contribution >= 0.6 is 0 Å². The summed E-state index contributed by atoms with van der Waals surface area (Å²) in [5, 5.41) is 0. The van der Waals surface area contributed by atoms with E-state index in [1.807, 2.05) is 11.0 Å². The average Bonchev–Trinajstić information content (AvgIpc) is 2.86. The number of carbonyl (C=O) groups excluding carboxylic acids is 1. The lowest BCUT2D eigenvalue weighted by Crippen LogP contribution is -2.24. The molecule has 0 N–H and O–H groups in total. The molecule has 1 heterocycles. The third kappa shape index (κ3) is 2.78. The third-order valence-corrected chi connectivity index (χ3v) is 3.68. The van der Waals surface area contributed by atoms with Gasteiger partial charge in [-0.1, -0.05) is 42.0 Å². The summed E-state index contributed by atoms with van der Waals surface area (Å²) in [6, 6.07) is 10.5. The first kappa shape index (κ1) is 12.2. The highest BCUT2D eigenvalue weighted by molar-refractivity contribution is 5.80. The summed E-state index contributed by atoms with van der Waals surface area (Å²) in [6.07, 6.45) is 10.1. The van der Waals surface area contributed by atoms with Gasteiger partial charge in [0, 0.05) is 18.7 Å². The van der Waals surface area contributed by atoms with E-state index in [0.717, 1.165) is 31.5 Å². The van der Waals surface area contributed by atoms with Crippen LogP contribution < -0.4 is 0 Å². The number of nitrogens with zero attached hydrogens (tertiary/aromatic N) is 1. The fourth-order valence-electron chi connectivity index (χ4n) is 2.70. The molecule has 0 unspecified atom stereocenters. The van der Waals surface area contributed by atoms with Crippen molar-refractivity contribution in [2.45, 2.75) is 25.7 Å². The Morgan fingerprint density at radius 3 is 2.74 bits per heavy atom. The van der Waals surface area contributed by atoms with E-state index in [1.165, 1.54) is 11.1 Å². The van der Waals surface area contributed by atoms with Gasteiger partial charge in [-0.25, -0.2) is 0 Å². The van der Waals surface area contributed by atoms with Crippen molar-refractivity contribution in [2.24, 2.45) is 0 Å². The van der Waals surface area contributed by atoms with E-state index in [-0.39, 0.29) is 5.91 Å². The van der Waals surface area contributed by atoms with Gasteiger partial charge in [0.05, 0.1) is 0 Å². The Labute approximate surface area is 114 Å². The molecule has 97 valence electrons. The quantitative estimate of drug-likeness (QED) is 0.808. The molecule has 2 heteroatoms. The van der Waals surface area contributed by atoms with E-state index < -0.39 is 0 Å². The first-order valence-corrected chi connectivity index (χ1v) is 6.91. The second-order valence-corrected chi connectivity index (χ2v) is 5.10. The minimum Gasteiger partial charge on any atom is -0.313 e. The molecule has 1 fully saturated rings. The van der Waals surface area contributed by atoms with Crippen molar-refractivity contribution in [1.82, 2.24) is 4.90 Å². The van der Waals surface area contributed by atoms with Gasteiger partial charge in [0.2, 0.25) is 5.91 Å². The van der Waals surface area contributed by atoms with Crippen LogP contribution in [0.1, 0.15) is 24.8 Å². The minimum absolute atomic E-state index is 0.267. The van der Waals surface area contributed by atoms with E-state index in [2.05, 4.69) is 42.8 Å². The molecule has 2 aliphatic rings. The molecule has 1 saturated heterocycles. The summed E-state index contributed by atoms with van der Waals surface area (Å²) >= 11 is 0. The van der Waals surface area contributed by atoms with E-state index in [1.54, 1.807) is 0 Å². The molecule has 19 heavy (non-hydrogen) atoms. The maximum Gasteiger partial charge on any atom is 0.227 e. The number of carbonyl (C=O) groups is 1. The smallest absolute Gasteiger partial charge is 0.227 e. The SMILES string of the molecule is O=C1CCCN1C1=CC[CH]C(Cc2ccccc2)=C1. The molecule has 0 spiro atoms. The molecule has 1 radical (unpaired) electrons. The van der Waals surface area contributed by atoms with Crippen LogP contribution in [0.15, 0.2) is 53.8 Å². The molecule has 0 saturated carbocycles. The van der Waals surface area contributed by atoms with Crippen molar-refractivity contribution < 1.29 is 4.79 Å². The van der Waals surface area contributed by atoms with Gasteiger partial charge in [0.15, 0.2) is 0 Å². The summed E-state index contributed by atoms with van der Waals surface area (Å²) in [5.74, 6) is 0.267. The molecule has 0 bridgehead atoms. The standard InChI is InChI=1S/C17H18NO/c19-17-10-5-11-18(17)16-9-4-8-15(13-16)12-14-6-2-1-3-7-14/h1-3,6-9,13H,4-5,10-12H2. The maximum absolute atomic E-state index is 11.8. The summed E-state index contributed by atoms with van der Waals surface area (Å²) in [4.78, 5) is 13.7. The lowest BCUT2D eigenvalue weighted by Gasteiger charge is -2.21. The summed E-state index contributed by atoms with van der Waals surface area (Å²) in [6.45, 7) is 0.875. The molecule has 1 aliphatic carbocycles. The lowest BCUT2D eigenvalue weighted by molar-refractivity contribution is -0.125. The Morgan fingerprint density at radius 1 is 1.16 bits per heavy atom. The van der Waals surface area contributed by atoms with Crippen molar-refractivity contribution in [2.75, 3.05) is 6.54 Å². The van der Waals surface area contributed by atoms with Gasteiger partial charge < -0.3 is 4.90 Å². The molecule has 1 amide bonds. The number of hydrogen-bond donors (Lipinski definition) is 0. The van der Waals surface area contributed by atoms with Crippen molar-refractivity contribution in [3.8, 4) is 0 Å². The van der Waals surface area contributed by atoms with Crippen molar-refractivity contribution in [3.05, 3.63) is 65.7 Å². The monoisotopic (exact) mass is 252 g/mol. The zero-order valence-electron chi connectivity index (χ0n) is 11.0. The van der Waals surface area contributed by atoms with Crippen molar-refractivity contribution in [3.63, 3.8) is 0 Å². The molecular weight excluding hydrogens is 234 g/mol. The predicted molar refractivity (Wildman–Crippen MR) is 76.2 cm³/mol. The van der Waals surface area contributed by atoms with Gasteiger partial charge in [-0.2, -0.15) is 0 Å². The Bertz CT molecular complexity index is 527. The normalized spacial score (nSPS) is 19.4. The summed E-state index contributed by atoms with van der Waals surface area (Å²) in [5.41, 5.74) is 3.72. The van der Waals surface area contributed by atoms with Crippen LogP contribution in [0.4, 0.5) is 0 Å². The Hall–Kier alpha value is -1.83. The van der Waals surface area contributed by atoms with Gasteiger partial charge in [0.25, 0.3) is 0 Å². The summed E-state index contributed by atoms with van der Waals surface area (Å²) in [7, 11) is 0. The number of allylic oxidation sites excluding steroid dienone is 3. The summed E-state index contributed by atoms with van der Waals surface area (Å²) < 4.78 is 0. The third-order valence-electron chi connectivity index (χ3n) is 3.68. The molecular formula is C17H18NO. The van der Waals surface area contributed by atoms with Crippen LogP contribution in [0.2, 0.25) is 0 Å². The molecule has 0 aromatic heterocycles.